The third kappa shape index (κ3) is 3.58. The maximum atomic E-state index is 11.8. The van der Waals surface area contributed by atoms with E-state index in [4.69, 9.17) is 10.9 Å². The summed E-state index contributed by atoms with van der Waals surface area (Å²) in [6.45, 7) is 0.433. The van der Waals surface area contributed by atoms with Crippen LogP contribution < -0.4 is 22.1 Å². The molecule has 7 nitrogen and oxygen atoms in total. The zero-order valence-electron chi connectivity index (χ0n) is 15.7. The van der Waals surface area contributed by atoms with Crippen LogP contribution in [0.1, 0.15) is 48.0 Å². The third-order valence-corrected chi connectivity index (χ3v) is 5.50. The minimum Gasteiger partial charge on any atom is -0.371 e. The van der Waals surface area contributed by atoms with Crippen LogP contribution in [0, 0.1) is 0 Å². The van der Waals surface area contributed by atoms with Crippen LogP contribution in [0.15, 0.2) is 53.5 Å². The van der Waals surface area contributed by atoms with Crippen molar-refractivity contribution in [3.63, 3.8) is 0 Å². The Bertz CT molecular complexity index is 890. The SMILES string of the molecule is NOC(=O)c1ccccc1CNNC1=Nc2ccccc2NC12CCCCC2. The molecule has 1 aliphatic carbocycles. The van der Waals surface area contributed by atoms with Gasteiger partial charge in [0.15, 0.2) is 0 Å². The van der Waals surface area contributed by atoms with Gasteiger partial charge < -0.3 is 15.6 Å². The molecule has 0 radical (unpaired) electrons. The molecule has 1 aliphatic heterocycles. The van der Waals surface area contributed by atoms with Crippen molar-refractivity contribution >= 4 is 23.2 Å². The Labute approximate surface area is 164 Å². The summed E-state index contributed by atoms with van der Waals surface area (Å²) in [6, 6.07) is 15.3. The topological polar surface area (TPSA) is 101 Å². The fraction of sp³-hybridized carbons (Fsp3) is 0.333. The lowest BCUT2D eigenvalue weighted by atomic mass is 9.79. The van der Waals surface area contributed by atoms with Gasteiger partial charge in [-0.25, -0.2) is 15.2 Å². The van der Waals surface area contributed by atoms with Gasteiger partial charge in [-0.2, -0.15) is 5.90 Å². The number of hydrazine groups is 1. The normalized spacial score (nSPS) is 17.2. The summed E-state index contributed by atoms with van der Waals surface area (Å²) in [6.07, 6.45) is 5.65. The summed E-state index contributed by atoms with van der Waals surface area (Å²) in [4.78, 5) is 21.1. The van der Waals surface area contributed by atoms with E-state index in [-0.39, 0.29) is 5.54 Å². The first kappa shape index (κ1) is 18.5. The van der Waals surface area contributed by atoms with Crippen molar-refractivity contribution in [1.29, 1.82) is 0 Å². The summed E-state index contributed by atoms with van der Waals surface area (Å²) in [5.74, 6) is 5.39. The number of hydrogen-bond donors (Lipinski definition) is 4. The molecule has 5 N–H and O–H groups in total. The molecular formula is C21H25N5O2. The molecule has 0 bridgehead atoms. The van der Waals surface area contributed by atoms with Gasteiger partial charge in [-0.15, -0.1) is 0 Å². The average Bonchev–Trinajstić information content (AvgIpc) is 2.74. The second kappa shape index (κ2) is 8.00. The number of amidine groups is 1. The predicted molar refractivity (Wildman–Crippen MR) is 109 cm³/mol. The Morgan fingerprint density at radius 2 is 1.86 bits per heavy atom. The van der Waals surface area contributed by atoms with Gasteiger partial charge in [-0.3, -0.25) is 0 Å². The van der Waals surface area contributed by atoms with Crippen molar-refractivity contribution in [2.75, 3.05) is 5.32 Å². The van der Waals surface area contributed by atoms with Gasteiger partial charge in [-0.05, 0) is 36.6 Å². The Balaban J connectivity index is 1.53. The van der Waals surface area contributed by atoms with Crippen LogP contribution in [0.4, 0.5) is 11.4 Å². The largest absolute Gasteiger partial charge is 0.371 e. The molecule has 28 heavy (non-hydrogen) atoms. The standard InChI is InChI=1S/C21H25N5O2/c22-28-19(27)16-9-3-2-8-15(16)14-23-26-20-21(12-6-1-7-13-21)25-18-11-5-4-10-17(18)24-20/h2-5,8-11,23,25H,1,6-7,12-14,22H2,(H,24,26). The highest BCUT2D eigenvalue weighted by molar-refractivity contribution is 6.00. The minimum absolute atomic E-state index is 0.185. The molecule has 2 aromatic rings. The fourth-order valence-electron chi connectivity index (χ4n) is 4.05. The molecule has 1 fully saturated rings. The summed E-state index contributed by atoms with van der Waals surface area (Å²) in [7, 11) is 0. The number of hydrogen-bond acceptors (Lipinski definition) is 7. The molecule has 2 aromatic carbocycles. The van der Waals surface area contributed by atoms with E-state index in [9.17, 15) is 4.79 Å². The summed E-state index contributed by atoms with van der Waals surface area (Å²) in [5.41, 5.74) is 9.59. The number of nitrogens with one attached hydrogen (secondary N) is 3. The number of benzene rings is 2. The second-order valence-electron chi connectivity index (χ2n) is 7.29. The number of nitrogens with zero attached hydrogens (tertiary/aromatic N) is 1. The molecule has 0 unspecified atom stereocenters. The predicted octanol–water partition coefficient (Wildman–Crippen LogP) is 3.17. The molecule has 4 rings (SSSR count). The number of rotatable bonds is 4. The van der Waals surface area contributed by atoms with E-state index in [2.05, 4.69) is 27.1 Å². The zero-order valence-corrected chi connectivity index (χ0v) is 15.7. The molecule has 0 aromatic heterocycles. The summed E-state index contributed by atoms with van der Waals surface area (Å²) in [5, 5.41) is 3.73. The van der Waals surface area contributed by atoms with Crippen LogP contribution in [0.2, 0.25) is 0 Å². The van der Waals surface area contributed by atoms with Crippen LogP contribution in [0.5, 0.6) is 0 Å². The van der Waals surface area contributed by atoms with Gasteiger partial charge in [0.1, 0.15) is 5.84 Å². The van der Waals surface area contributed by atoms with Crippen LogP contribution in [0.25, 0.3) is 0 Å². The van der Waals surface area contributed by atoms with Crippen LogP contribution >= 0.6 is 0 Å². The Morgan fingerprint density at radius 1 is 1.11 bits per heavy atom. The van der Waals surface area contributed by atoms with Crippen LogP contribution in [-0.4, -0.2) is 17.3 Å². The number of carbonyl (C=O) groups is 1. The number of para-hydroxylation sites is 2. The first-order valence-electron chi connectivity index (χ1n) is 9.66. The summed E-state index contributed by atoms with van der Waals surface area (Å²) >= 11 is 0. The molecule has 0 atom stereocenters. The Morgan fingerprint density at radius 3 is 2.68 bits per heavy atom. The minimum atomic E-state index is -0.549. The monoisotopic (exact) mass is 379 g/mol. The molecule has 7 heteroatoms. The first-order valence-corrected chi connectivity index (χ1v) is 9.66. The highest BCUT2D eigenvalue weighted by Gasteiger charge is 2.40. The van der Waals surface area contributed by atoms with Crippen molar-refractivity contribution in [3.05, 3.63) is 59.7 Å². The van der Waals surface area contributed by atoms with Crippen molar-refractivity contribution in [2.45, 2.75) is 44.2 Å². The maximum absolute atomic E-state index is 11.8. The van der Waals surface area contributed by atoms with E-state index in [1.807, 2.05) is 30.3 Å². The molecular weight excluding hydrogens is 354 g/mol. The lowest BCUT2D eigenvalue weighted by Crippen LogP contribution is -2.57. The number of aliphatic imine (C=N–C) groups is 1. The number of nitrogens with two attached hydrogens (primary N) is 1. The molecule has 1 saturated carbocycles. The quantitative estimate of drug-likeness (QED) is 0.609. The molecule has 1 spiro atoms. The highest BCUT2D eigenvalue weighted by Crippen LogP contribution is 2.39. The summed E-state index contributed by atoms with van der Waals surface area (Å²) < 4.78 is 0. The molecule has 2 aliphatic rings. The molecule has 0 saturated heterocycles. The van der Waals surface area contributed by atoms with Crippen molar-refractivity contribution in [1.82, 2.24) is 10.9 Å². The van der Waals surface area contributed by atoms with E-state index < -0.39 is 5.97 Å². The van der Waals surface area contributed by atoms with Crippen molar-refractivity contribution in [3.8, 4) is 0 Å². The second-order valence-corrected chi connectivity index (χ2v) is 7.29. The fourth-order valence-corrected chi connectivity index (χ4v) is 4.05. The molecule has 146 valence electrons. The van der Waals surface area contributed by atoms with E-state index in [1.165, 1.54) is 19.3 Å². The van der Waals surface area contributed by atoms with Crippen molar-refractivity contribution < 1.29 is 9.63 Å². The third-order valence-electron chi connectivity index (χ3n) is 5.50. The van der Waals surface area contributed by atoms with E-state index in [1.54, 1.807) is 12.1 Å². The Hall–Kier alpha value is -2.90. The highest BCUT2D eigenvalue weighted by atomic mass is 16.7. The van der Waals surface area contributed by atoms with Gasteiger partial charge in [0.05, 0.1) is 22.5 Å². The van der Waals surface area contributed by atoms with Gasteiger partial charge in [0.2, 0.25) is 0 Å². The first-order chi connectivity index (χ1) is 13.7. The van der Waals surface area contributed by atoms with E-state index in [0.717, 1.165) is 35.6 Å². The van der Waals surface area contributed by atoms with Crippen LogP contribution in [0.3, 0.4) is 0 Å². The molecule has 1 heterocycles. The number of carbonyl (C=O) groups excluding carboxylic acids is 1. The lowest BCUT2D eigenvalue weighted by Gasteiger charge is -2.42. The number of fused-ring (bicyclic) bond motifs is 1. The smallest absolute Gasteiger partial charge is 0.356 e. The van der Waals surface area contributed by atoms with E-state index >= 15 is 0 Å². The molecule has 0 amide bonds. The van der Waals surface area contributed by atoms with Crippen molar-refractivity contribution in [2.24, 2.45) is 10.9 Å². The van der Waals surface area contributed by atoms with Gasteiger partial charge in [0, 0.05) is 6.54 Å². The lowest BCUT2D eigenvalue weighted by molar-refractivity contribution is 0.0502. The van der Waals surface area contributed by atoms with Crippen LogP contribution in [-0.2, 0) is 11.4 Å². The van der Waals surface area contributed by atoms with Gasteiger partial charge in [-0.1, -0.05) is 49.6 Å². The zero-order chi connectivity index (χ0) is 19.4. The maximum Gasteiger partial charge on any atom is 0.356 e. The van der Waals surface area contributed by atoms with Gasteiger partial charge >= 0.3 is 5.97 Å². The average molecular weight is 379 g/mol. The van der Waals surface area contributed by atoms with E-state index in [0.29, 0.717) is 12.1 Å². The van der Waals surface area contributed by atoms with Gasteiger partial charge in [0.25, 0.3) is 0 Å². The Kier molecular flexibility index (Phi) is 5.27. The number of anilines is 1.